The first kappa shape index (κ1) is 16.7. The molecule has 6 rings (SSSR count). The van der Waals surface area contributed by atoms with Crippen molar-refractivity contribution in [2.45, 2.75) is 62.1 Å². The first-order chi connectivity index (χ1) is 13.5. The molecule has 0 bridgehead atoms. The smallest absolute Gasteiger partial charge is 0.325 e. The summed E-state index contributed by atoms with van der Waals surface area (Å²) in [7, 11) is 0. The topological polar surface area (TPSA) is 77.1 Å². The molecule has 28 heavy (non-hydrogen) atoms. The molecule has 7 heteroatoms. The van der Waals surface area contributed by atoms with Crippen LogP contribution in [0.3, 0.4) is 0 Å². The van der Waals surface area contributed by atoms with Gasteiger partial charge in [-0.05, 0) is 31.4 Å². The molecule has 1 N–H and O–H groups in total. The van der Waals surface area contributed by atoms with E-state index in [9.17, 15) is 9.59 Å². The first-order valence-corrected chi connectivity index (χ1v) is 10.2. The van der Waals surface area contributed by atoms with Gasteiger partial charge in [-0.2, -0.15) is 0 Å². The van der Waals surface area contributed by atoms with Crippen molar-refractivity contribution in [3.05, 3.63) is 23.3 Å². The molecule has 1 aromatic carbocycles. The van der Waals surface area contributed by atoms with Crippen LogP contribution in [-0.2, 0) is 14.9 Å². The number of rotatable bonds is 3. The first-order valence-electron chi connectivity index (χ1n) is 10.2. The molecule has 2 aliphatic carbocycles. The zero-order valence-electron chi connectivity index (χ0n) is 16.0. The van der Waals surface area contributed by atoms with E-state index in [4.69, 9.17) is 14.2 Å². The third-order valence-corrected chi connectivity index (χ3v) is 7.14. The van der Waals surface area contributed by atoms with Crippen molar-refractivity contribution < 1.29 is 23.8 Å². The number of aryl methyl sites for hydroxylation is 1. The molecule has 7 nitrogen and oxygen atoms in total. The number of amides is 3. The summed E-state index contributed by atoms with van der Waals surface area (Å²) in [4.78, 5) is 26.6. The predicted molar refractivity (Wildman–Crippen MR) is 98.6 cm³/mol. The molecule has 1 atom stereocenters. The van der Waals surface area contributed by atoms with E-state index < -0.39 is 5.54 Å². The van der Waals surface area contributed by atoms with Crippen molar-refractivity contribution in [1.82, 2.24) is 10.2 Å². The Kier molecular flexibility index (Phi) is 3.22. The van der Waals surface area contributed by atoms with Crippen molar-refractivity contribution in [3.63, 3.8) is 0 Å². The zero-order chi connectivity index (χ0) is 19.1. The van der Waals surface area contributed by atoms with Crippen molar-refractivity contribution >= 4 is 11.9 Å². The molecule has 148 valence electrons. The Hall–Kier alpha value is -2.28. The SMILES string of the molecule is Cc1ccc(OC2CC(N3C(=O)N[C@@]4(CCOC4)C3=O)C2)c2c1OCC21CC1. The molecule has 3 heterocycles. The average molecular weight is 384 g/mol. The van der Waals surface area contributed by atoms with E-state index in [1.165, 1.54) is 10.5 Å². The highest BCUT2D eigenvalue weighted by molar-refractivity contribution is 6.07. The second-order valence-electron chi connectivity index (χ2n) is 9.01. The second-order valence-corrected chi connectivity index (χ2v) is 9.01. The highest BCUT2D eigenvalue weighted by Crippen LogP contribution is 2.59. The van der Waals surface area contributed by atoms with E-state index in [1.807, 2.05) is 6.07 Å². The maximum atomic E-state index is 12.8. The number of urea groups is 1. The number of fused-ring (bicyclic) bond motifs is 2. The number of nitrogens with zero attached hydrogens (tertiary/aromatic N) is 1. The van der Waals surface area contributed by atoms with Crippen LogP contribution in [0.2, 0.25) is 0 Å². The monoisotopic (exact) mass is 384 g/mol. The molecule has 1 aromatic rings. The maximum Gasteiger partial charge on any atom is 0.325 e. The van der Waals surface area contributed by atoms with Crippen molar-refractivity contribution in [2.75, 3.05) is 19.8 Å². The number of benzene rings is 1. The molecule has 2 saturated heterocycles. The van der Waals surface area contributed by atoms with Gasteiger partial charge in [0, 0.05) is 42.9 Å². The highest BCUT2D eigenvalue weighted by atomic mass is 16.5. The van der Waals surface area contributed by atoms with Crippen LogP contribution in [0, 0.1) is 6.92 Å². The van der Waals surface area contributed by atoms with E-state index in [0.717, 1.165) is 36.5 Å². The Morgan fingerprint density at radius 2 is 2.00 bits per heavy atom. The Bertz CT molecular complexity index is 881. The van der Waals surface area contributed by atoms with Crippen molar-refractivity contribution in [3.8, 4) is 11.5 Å². The summed E-state index contributed by atoms with van der Waals surface area (Å²) < 4.78 is 17.7. The molecule has 4 fully saturated rings. The van der Waals surface area contributed by atoms with E-state index in [1.54, 1.807) is 0 Å². The summed E-state index contributed by atoms with van der Waals surface area (Å²) in [5, 5.41) is 2.86. The van der Waals surface area contributed by atoms with Crippen LogP contribution in [0.25, 0.3) is 0 Å². The summed E-state index contributed by atoms with van der Waals surface area (Å²) in [6.07, 6.45) is 4.22. The highest BCUT2D eigenvalue weighted by Gasteiger charge is 2.57. The number of imide groups is 1. The van der Waals surface area contributed by atoms with Gasteiger partial charge in [0.1, 0.15) is 23.1 Å². The quantitative estimate of drug-likeness (QED) is 0.807. The average Bonchev–Trinajstić information content (AvgIpc) is 2.98. The summed E-state index contributed by atoms with van der Waals surface area (Å²) in [6, 6.07) is 3.71. The fourth-order valence-electron chi connectivity index (χ4n) is 5.11. The summed E-state index contributed by atoms with van der Waals surface area (Å²) in [6.45, 7) is 3.62. The lowest BCUT2D eigenvalue weighted by Gasteiger charge is -2.40. The Morgan fingerprint density at radius 3 is 2.71 bits per heavy atom. The van der Waals surface area contributed by atoms with Gasteiger partial charge in [-0.3, -0.25) is 9.69 Å². The van der Waals surface area contributed by atoms with Crippen LogP contribution in [0.4, 0.5) is 4.79 Å². The van der Waals surface area contributed by atoms with Gasteiger partial charge in [0.15, 0.2) is 0 Å². The molecule has 0 unspecified atom stereocenters. The van der Waals surface area contributed by atoms with Gasteiger partial charge >= 0.3 is 6.03 Å². The number of nitrogens with one attached hydrogen (secondary N) is 1. The van der Waals surface area contributed by atoms with Gasteiger partial charge in [0.25, 0.3) is 5.91 Å². The van der Waals surface area contributed by atoms with E-state index >= 15 is 0 Å². The fraction of sp³-hybridized carbons (Fsp3) is 0.619. The third kappa shape index (κ3) is 2.14. The molecular weight excluding hydrogens is 360 g/mol. The van der Waals surface area contributed by atoms with Crippen LogP contribution in [0.15, 0.2) is 12.1 Å². The largest absolute Gasteiger partial charge is 0.492 e. The normalized spacial score (nSPS) is 34.4. The number of ether oxygens (including phenoxy) is 3. The van der Waals surface area contributed by atoms with Crippen molar-refractivity contribution in [2.24, 2.45) is 0 Å². The van der Waals surface area contributed by atoms with Gasteiger partial charge in [0.2, 0.25) is 0 Å². The Balaban J connectivity index is 1.17. The Labute approximate surface area is 163 Å². The van der Waals surface area contributed by atoms with Gasteiger partial charge in [-0.1, -0.05) is 6.07 Å². The number of hydrogen-bond donors (Lipinski definition) is 1. The molecule has 3 amide bonds. The van der Waals surface area contributed by atoms with Crippen LogP contribution < -0.4 is 14.8 Å². The summed E-state index contributed by atoms with van der Waals surface area (Å²) in [5.74, 6) is 1.76. The van der Waals surface area contributed by atoms with Crippen LogP contribution in [0.5, 0.6) is 11.5 Å². The van der Waals surface area contributed by atoms with Crippen LogP contribution in [-0.4, -0.2) is 54.3 Å². The van der Waals surface area contributed by atoms with E-state index in [-0.39, 0.29) is 36.1 Å². The minimum atomic E-state index is -0.837. The van der Waals surface area contributed by atoms with E-state index in [0.29, 0.717) is 25.9 Å². The predicted octanol–water partition coefficient (Wildman–Crippen LogP) is 2.04. The second kappa shape index (κ2) is 5.41. The molecule has 0 radical (unpaired) electrons. The molecule has 2 spiro atoms. The standard InChI is InChI=1S/C21H24N2O5/c1-12-2-3-15(16-17(12)27-10-20(16)4-5-20)28-14-8-13(9-14)23-18(24)21(22-19(23)25)6-7-26-11-21/h2-3,13-14H,4-11H2,1H3,(H,22,25)/t13?,14?,21-/m1/s1. The van der Waals surface area contributed by atoms with Crippen LogP contribution >= 0.6 is 0 Å². The number of hydrogen-bond acceptors (Lipinski definition) is 5. The lowest BCUT2D eigenvalue weighted by atomic mass is 9.86. The molecular formula is C21H24N2O5. The van der Waals surface area contributed by atoms with Gasteiger partial charge in [-0.25, -0.2) is 4.79 Å². The number of carbonyl (C=O) groups is 2. The third-order valence-electron chi connectivity index (χ3n) is 7.14. The number of carbonyl (C=O) groups excluding carboxylic acids is 2. The summed E-state index contributed by atoms with van der Waals surface area (Å²) in [5.41, 5.74) is 1.70. The maximum absolute atomic E-state index is 12.8. The minimum Gasteiger partial charge on any atom is -0.492 e. The van der Waals surface area contributed by atoms with E-state index in [2.05, 4.69) is 18.3 Å². The molecule has 5 aliphatic rings. The minimum absolute atomic E-state index is 0.0187. The summed E-state index contributed by atoms with van der Waals surface area (Å²) >= 11 is 0. The lowest BCUT2D eigenvalue weighted by Crippen LogP contribution is -2.53. The molecule has 0 aromatic heterocycles. The zero-order valence-corrected chi connectivity index (χ0v) is 16.0. The molecule has 3 aliphatic heterocycles. The van der Waals surface area contributed by atoms with Gasteiger partial charge in [-0.15, -0.1) is 0 Å². The molecule has 2 saturated carbocycles. The van der Waals surface area contributed by atoms with Gasteiger partial charge in [0.05, 0.1) is 13.2 Å². The van der Waals surface area contributed by atoms with Crippen molar-refractivity contribution in [1.29, 1.82) is 0 Å². The van der Waals surface area contributed by atoms with Gasteiger partial charge < -0.3 is 19.5 Å². The van der Waals surface area contributed by atoms with Crippen LogP contribution in [0.1, 0.15) is 43.2 Å². The fourth-order valence-corrected chi connectivity index (χ4v) is 5.11. The Morgan fingerprint density at radius 1 is 1.18 bits per heavy atom. The lowest BCUT2D eigenvalue weighted by molar-refractivity contribution is -0.135.